The maximum atomic E-state index is 12.0. The van der Waals surface area contributed by atoms with Gasteiger partial charge in [-0.2, -0.15) is 5.10 Å². The van der Waals surface area contributed by atoms with Crippen molar-refractivity contribution in [3.05, 3.63) is 71.8 Å². The molecule has 3 aromatic rings. The molecule has 0 bridgehead atoms. The lowest BCUT2D eigenvalue weighted by atomic mass is 10.0. The fourth-order valence-corrected chi connectivity index (χ4v) is 2.86. The van der Waals surface area contributed by atoms with Crippen LogP contribution in [0.1, 0.15) is 25.0 Å². The van der Waals surface area contributed by atoms with Gasteiger partial charge in [0.05, 0.1) is 12.8 Å². The van der Waals surface area contributed by atoms with Crippen LogP contribution in [0.15, 0.2) is 65.8 Å². The van der Waals surface area contributed by atoms with E-state index in [1.54, 1.807) is 6.21 Å². The van der Waals surface area contributed by atoms with E-state index in [0.717, 1.165) is 28.5 Å². The summed E-state index contributed by atoms with van der Waals surface area (Å²) in [5, 5.41) is 6.18. The van der Waals surface area contributed by atoms with Crippen LogP contribution in [0.3, 0.4) is 0 Å². The van der Waals surface area contributed by atoms with Crippen molar-refractivity contribution < 1.29 is 14.3 Å². The Balaban J connectivity index is 1.64. The molecule has 0 saturated carbocycles. The summed E-state index contributed by atoms with van der Waals surface area (Å²) in [5.74, 6) is 1.06. The van der Waals surface area contributed by atoms with Crippen molar-refractivity contribution in [3.8, 4) is 11.5 Å². The minimum absolute atomic E-state index is 0.101. The molecule has 0 atom stereocenters. The normalized spacial score (nSPS) is 10.9. The van der Waals surface area contributed by atoms with E-state index in [4.69, 9.17) is 9.47 Å². The van der Waals surface area contributed by atoms with Gasteiger partial charge in [0, 0.05) is 5.56 Å². The molecule has 1 amide bonds. The van der Waals surface area contributed by atoms with Crippen molar-refractivity contribution in [1.29, 1.82) is 0 Å². The van der Waals surface area contributed by atoms with Gasteiger partial charge in [-0.1, -0.05) is 49.4 Å². The largest absolute Gasteiger partial charge is 0.493 e. The molecule has 0 unspecified atom stereocenters. The van der Waals surface area contributed by atoms with E-state index in [1.165, 1.54) is 5.56 Å². The first-order chi connectivity index (χ1) is 13.7. The number of nitrogens with zero attached hydrogens (tertiary/aromatic N) is 1. The number of nitrogens with one attached hydrogen (secondary N) is 1. The third-order valence-corrected chi connectivity index (χ3v) is 4.31. The highest BCUT2D eigenvalue weighted by Gasteiger charge is 2.07. The van der Waals surface area contributed by atoms with Gasteiger partial charge in [-0.25, -0.2) is 5.43 Å². The first-order valence-electron chi connectivity index (χ1n) is 9.39. The number of ether oxygens (including phenoxy) is 2. The quantitative estimate of drug-likeness (QED) is 0.470. The van der Waals surface area contributed by atoms with E-state index in [2.05, 4.69) is 17.5 Å². The Morgan fingerprint density at radius 2 is 1.79 bits per heavy atom. The molecule has 0 aromatic heterocycles. The average Bonchev–Trinajstić information content (AvgIpc) is 2.74. The highest BCUT2D eigenvalue weighted by atomic mass is 16.5. The van der Waals surface area contributed by atoms with Gasteiger partial charge >= 0.3 is 0 Å². The van der Waals surface area contributed by atoms with Crippen LogP contribution in [-0.2, 0) is 11.2 Å². The molecule has 0 aliphatic heterocycles. The summed E-state index contributed by atoms with van der Waals surface area (Å²) in [6.45, 7) is 4.48. The molecule has 3 aromatic carbocycles. The highest BCUT2D eigenvalue weighted by molar-refractivity contribution is 6.02. The number of hydrogen-bond donors (Lipinski definition) is 1. The van der Waals surface area contributed by atoms with Crippen molar-refractivity contribution in [2.75, 3.05) is 13.2 Å². The number of fused-ring (bicyclic) bond motifs is 1. The van der Waals surface area contributed by atoms with E-state index >= 15 is 0 Å². The molecule has 0 heterocycles. The van der Waals surface area contributed by atoms with Crippen molar-refractivity contribution in [2.24, 2.45) is 5.10 Å². The van der Waals surface area contributed by atoms with Gasteiger partial charge in [0.15, 0.2) is 6.61 Å². The third kappa shape index (κ3) is 4.88. The summed E-state index contributed by atoms with van der Waals surface area (Å²) in [6.07, 6.45) is 2.58. The molecule has 5 nitrogen and oxygen atoms in total. The second kappa shape index (κ2) is 9.55. The van der Waals surface area contributed by atoms with Gasteiger partial charge < -0.3 is 9.47 Å². The molecule has 28 heavy (non-hydrogen) atoms. The standard InChI is InChI=1S/C23H24N2O3/c1-3-17-9-12-19(13-10-17)28-16-23(26)25-24-15-21-20-8-6-5-7-18(20)11-14-22(21)27-4-2/h5-15H,3-4,16H2,1-2H3,(H,25,26)/b24-15+. The Morgan fingerprint density at radius 3 is 2.54 bits per heavy atom. The van der Waals surface area contributed by atoms with Crippen molar-refractivity contribution >= 4 is 22.9 Å². The topological polar surface area (TPSA) is 59.9 Å². The SMILES string of the molecule is CCOc1ccc2ccccc2c1/C=N/NC(=O)COc1ccc(CC)cc1. The molecule has 144 valence electrons. The molecule has 0 radical (unpaired) electrons. The van der Waals surface area contributed by atoms with Crippen LogP contribution >= 0.6 is 0 Å². The lowest BCUT2D eigenvalue weighted by Crippen LogP contribution is -2.24. The minimum atomic E-state index is -0.325. The Kier molecular flexibility index (Phi) is 6.63. The molecule has 0 aliphatic rings. The lowest BCUT2D eigenvalue weighted by molar-refractivity contribution is -0.123. The second-order valence-electron chi connectivity index (χ2n) is 6.21. The van der Waals surface area contributed by atoms with Gasteiger partial charge in [0.25, 0.3) is 5.91 Å². The molecule has 5 heteroatoms. The van der Waals surface area contributed by atoms with Crippen LogP contribution in [-0.4, -0.2) is 25.3 Å². The van der Waals surface area contributed by atoms with Gasteiger partial charge in [-0.05, 0) is 47.9 Å². The van der Waals surface area contributed by atoms with Crippen molar-refractivity contribution in [2.45, 2.75) is 20.3 Å². The van der Waals surface area contributed by atoms with Crippen LogP contribution in [0.25, 0.3) is 10.8 Å². The maximum absolute atomic E-state index is 12.0. The second-order valence-corrected chi connectivity index (χ2v) is 6.21. The number of amides is 1. The van der Waals surface area contributed by atoms with Crippen LogP contribution in [0.5, 0.6) is 11.5 Å². The number of carbonyl (C=O) groups excluding carboxylic acids is 1. The smallest absolute Gasteiger partial charge is 0.277 e. The zero-order valence-corrected chi connectivity index (χ0v) is 16.1. The van der Waals surface area contributed by atoms with Crippen LogP contribution in [0.4, 0.5) is 0 Å². The third-order valence-electron chi connectivity index (χ3n) is 4.31. The molecular weight excluding hydrogens is 352 g/mol. The summed E-state index contributed by atoms with van der Waals surface area (Å²) < 4.78 is 11.2. The van der Waals surface area contributed by atoms with Gasteiger partial charge in [0.1, 0.15) is 11.5 Å². The summed E-state index contributed by atoms with van der Waals surface area (Å²) in [7, 11) is 0. The van der Waals surface area contributed by atoms with Crippen molar-refractivity contribution in [3.63, 3.8) is 0 Å². The van der Waals surface area contributed by atoms with Gasteiger partial charge in [-0.15, -0.1) is 0 Å². The molecule has 0 saturated heterocycles. The van der Waals surface area contributed by atoms with Gasteiger partial charge in [0.2, 0.25) is 0 Å². The fourth-order valence-electron chi connectivity index (χ4n) is 2.86. The molecular formula is C23H24N2O3. The first-order valence-corrected chi connectivity index (χ1v) is 9.39. The highest BCUT2D eigenvalue weighted by Crippen LogP contribution is 2.26. The molecule has 0 spiro atoms. The number of rotatable bonds is 8. The Morgan fingerprint density at radius 1 is 1.00 bits per heavy atom. The maximum Gasteiger partial charge on any atom is 0.277 e. The molecule has 0 fully saturated rings. The number of benzene rings is 3. The van der Waals surface area contributed by atoms with E-state index in [9.17, 15) is 4.79 Å². The Bertz CT molecular complexity index is 965. The number of hydrazone groups is 1. The van der Waals surface area contributed by atoms with E-state index in [1.807, 2.05) is 67.6 Å². The first kappa shape index (κ1) is 19.4. The van der Waals surface area contributed by atoms with E-state index in [0.29, 0.717) is 12.4 Å². The zero-order valence-electron chi connectivity index (χ0n) is 16.1. The molecule has 1 N–H and O–H groups in total. The Labute approximate surface area is 165 Å². The predicted octanol–water partition coefficient (Wildman–Crippen LogP) is 4.33. The predicted molar refractivity (Wildman–Crippen MR) is 112 cm³/mol. The monoisotopic (exact) mass is 376 g/mol. The minimum Gasteiger partial charge on any atom is -0.493 e. The molecule has 3 rings (SSSR count). The fraction of sp³-hybridized carbons (Fsp3) is 0.217. The average molecular weight is 376 g/mol. The number of hydrogen-bond acceptors (Lipinski definition) is 4. The summed E-state index contributed by atoms with van der Waals surface area (Å²) in [5.41, 5.74) is 4.56. The van der Waals surface area contributed by atoms with Crippen LogP contribution in [0, 0.1) is 0 Å². The number of carbonyl (C=O) groups is 1. The van der Waals surface area contributed by atoms with E-state index in [-0.39, 0.29) is 12.5 Å². The zero-order chi connectivity index (χ0) is 19.8. The summed E-state index contributed by atoms with van der Waals surface area (Å²) in [4.78, 5) is 12.0. The van der Waals surface area contributed by atoms with E-state index < -0.39 is 0 Å². The van der Waals surface area contributed by atoms with Gasteiger partial charge in [-0.3, -0.25) is 4.79 Å². The number of aryl methyl sites for hydroxylation is 1. The Hall–Kier alpha value is -3.34. The summed E-state index contributed by atoms with van der Waals surface area (Å²) in [6, 6.07) is 19.6. The van der Waals surface area contributed by atoms with Crippen LogP contribution < -0.4 is 14.9 Å². The van der Waals surface area contributed by atoms with Crippen LogP contribution in [0.2, 0.25) is 0 Å². The molecule has 0 aliphatic carbocycles. The lowest BCUT2D eigenvalue weighted by Gasteiger charge is -2.10. The van der Waals surface area contributed by atoms with Crippen molar-refractivity contribution in [1.82, 2.24) is 5.43 Å². The summed E-state index contributed by atoms with van der Waals surface area (Å²) >= 11 is 0.